The molecule has 1 aromatic carbocycles. The van der Waals surface area contributed by atoms with E-state index in [0.717, 1.165) is 19.3 Å². The van der Waals surface area contributed by atoms with Gasteiger partial charge in [0.05, 0.1) is 19.2 Å². The van der Waals surface area contributed by atoms with E-state index in [-0.39, 0.29) is 18.4 Å². The summed E-state index contributed by atoms with van der Waals surface area (Å²) in [5, 5.41) is 7.18. The van der Waals surface area contributed by atoms with Crippen molar-refractivity contribution in [3.8, 4) is 5.75 Å². The van der Waals surface area contributed by atoms with Gasteiger partial charge in [0, 0.05) is 17.5 Å². The van der Waals surface area contributed by atoms with Crippen molar-refractivity contribution in [2.45, 2.75) is 44.2 Å². The van der Waals surface area contributed by atoms with E-state index in [1.54, 1.807) is 23.1 Å². The number of rotatable bonds is 6. The van der Waals surface area contributed by atoms with Crippen LogP contribution in [0.15, 0.2) is 22.7 Å². The summed E-state index contributed by atoms with van der Waals surface area (Å²) < 4.78 is 10.5. The first kappa shape index (κ1) is 18.7. The summed E-state index contributed by atoms with van der Waals surface area (Å²) >= 11 is 6.04. The van der Waals surface area contributed by atoms with Crippen molar-refractivity contribution in [1.29, 1.82) is 0 Å². The molecule has 2 amide bonds. The molecule has 8 nitrogen and oxygen atoms in total. The molecule has 4 rings (SSSR count). The molecule has 1 aliphatic carbocycles. The number of carbonyl (C=O) groups excluding carboxylic acids is 2. The largest absolute Gasteiger partial charge is 0.496 e. The Morgan fingerprint density at radius 2 is 2.18 bits per heavy atom. The van der Waals surface area contributed by atoms with Crippen LogP contribution in [-0.2, 0) is 11.3 Å². The van der Waals surface area contributed by atoms with Crippen molar-refractivity contribution in [2.24, 2.45) is 0 Å². The van der Waals surface area contributed by atoms with Crippen molar-refractivity contribution in [3.05, 3.63) is 40.5 Å². The summed E-state index contributed by atoms with van der Waals surface area (Å²) in [6.45, 7) is 0.649. The van der Waals surface area contributed by atoms with Gasteiger partial charge in [-0.3, -0.25) is 9.59 Å². The number of hydrogen-bond acceptors (Lipinski definition) is 6. The summed E-state index contributed by atoms with van der Waals surface area (Å²) in [5.41, 5.74) is 0.348. The number of ether oxygens (including phenoxy) is 1. The Balaban J connectivity index is 1.42. The Hall–Kier alpha value is -2.61. The van der Waals surface area contributed by atoms with E-state index < -0.39 is 6.04 Å². The van der Waals surface area contributed by atoms with Crippen LogP contribution in [0.4, 0.5) is 0 Å². The van der Waals surface area contributed by atoms with Crippen molar-refractivity contribution in [2.75, 3.05) is 13.7 Å². The minimum Gasteiger partial charge on any atom is -0.496 e. The Morgan fingerprint density at radius 1 is 1.36 bits per heavy atom. The van der Waals surface area contributed by atoms with Gasteiger partial charge in [0.1, 0.15) is 11.8 Å². The first-order valence-corrected chi connectivity index (χ1v) is 9.69. The Kier molecular flexibility index (Phi) is 5.21. The summed E-state index contributed by atoms with van der Waals surface area (Å²) in [7, 11) is 1.49. The number of carbonyl (C=O) groups is 2. The van der Waals surface area contributed by atoms with Crippen molar-refractivity contribution >= 4 is 23.4 Å². The molecule has 0 spiro atoms. The van der Waals surface area contributed by atoms with E-state index in [1.807, 2.05) is 0 Å². The van der Waals surface area contributed by atoms with E-state index in [2.05, 4.69) is 15.5 Å². The first-order chi connectivity index (χ1) is 13.6. The molecule has 0 radical (unpaired) electrons. The molecule has 0 bridgehead atoms. The Morgan fingerprint density at radius 3 is 2.93 bits per heavy atom. The van der Waals surface area contributed by atoms with Crippen LogP contribution in [0, 0.1) is 0 Å². The minimum atomic E-state index is -0.554. The lowest BCUT2D eigenvalue weighted by Gasteiger charge is -2.24. The molecular formula is C19H21ClN4O4. The van der Waals surface area contributed by atoms with Crippen molar-refractivity contribution in [1.82, 2.24) is 20.4 Å². The van der Waals surface area contributed by atoms with E-state index in [4.69, 9.17) is 20.9 Å². The molecule has 1 aliphatic heterocycles. The monoisotopic (exact) mass is 404 g/mol. The molecular weight excluding hydrogens is 384 g/mol. The molecule has 2 heterocycles. The number of likely N-dealkylation sites (tertiary alicyclic amines) is 1. The Labute approximate surface area is 167 Å². The van der Waals surface area contributed by atoms with Gasteiger partial charge in [-0.05, 0) is 43.9 Å². The van der Waals surface area contributed by atoms with Gasteiger partial charge in [-0.25, -0.2) is 0 Å². The highest BCUT2D eigenvalue weighted by Gasteiger charge is 2.36. The maximum absolute atomic E-state index is 13.0. The third-order valence-corrected chi connectivity index (χ3v) is 5.28. The lowest BCUT2D eigenvalue weighted by atomic mass is 10.1. The quantitative estimate of drug-likeness (QED) is 0.794. The van der Waals surface area contributed by atoms with Gasteiger partial charge < -0.3 is 19.5 Å². The van der Waals surface area contributed by atoms with Crippen molar-refractivity contribution in [3.63, 3.8) is 0 Å². The first-order valence-electron chi connectivity index (χ1n) is 9.31. The van der Waals surface area contributed by atoms with E-state index in [1.165, 1.54) is 7.11 Å². The zero-order valence-corrected chi connectivity index (χ0v) is 16.2. The fourth-order valence-corrected chi connectivity index (χ4v) is 3.58. The zero-order chi connectivity index (χ0) is 19.7. The van der Waals surface area contributed by atoms with Gasteiger partial charge in [0.2, 0.25) is 11.8 Å². The molecule has 2 aromatic rings. The highest BCUT2D eigenvalue weighted by Crippen LogP contribution is 2.38. The number of methoxy groups -OCH3 is 1. The van der Waals surface area contributed by atoms with Crippen LogP contribution >= 0.6 is 11.6 Å². The highest BCUT2D eigenvalue weighted by molar-refractivity contribution is 6.31. The van der Waals surface area contributed by atoms with Crippen LogP contribution in [0.1, 0.15) is 53.7 Å². The Bertz CT molecular complexity index is 896. The third kappa shape index (κ3) is 3.82. The van der Waals surface area contributed by atoms with Crippen LogP contribution in [0.25, 0.3) is 0 Å². The van der Waals surface area contributed by atoms with Crippen LogP contribution in [0.3, 0.4) is 0 Å². The average molecular weight is 405 g/mol. The van der Waals surface area contributed by atoms with Gasteiger partial charge in [-0.15, -0.1) is 0 Å². The van der Waals surface area contributed by atoms with Crippen LogP contribution in [0.5, 0.6) is 5.75 Å². The summed E-state index contributed by atoms with van der Waals surface area (Å²) in [5.74, 6) is 1.39. The number of nitrogens with zero attached hydrogens (tertiary/aromatic N) is 3. The minimum absolute atomic E-state index is 0.150. The second-order valence-electron chi connectivity index (χ2n) is 7.04. The van der Waals surface area contributed by atoms with E-state index in [9.17, 15) is 9.59 Å². The normalized spacial score (nSPS) is 18.9. The molecule has 9 heteroatoms. The standard InChI is InChI=1S/C19H21ClN4O4/c1-27-15-7-6-12(20)9-13(15)19(26)24-8-2-3-14(24)18(25)21-10-16-22-17(23-28-16)11-4-5-11/h6-7,9,11,14H,2-5,8,10H2,1H3,(H,21,25)/t14-/m0/s1. The third-order valence-electron chi connectivity index (χ3n) is 5.05. The molecule has 1 saturated heterocycles. The predicted molar refractivity (Wildman–Crippen MR) is 100 cm³/mol. The second kappa shape index (κ2) is 7.79. The molecule has 148 valence electrons. The van der Waals surface area contributed by atoms with Gasteiger partial charge in [-0.1, -0.05) is 16.8 Å². The fraction of sp³-hybridized carbons (Fsp3) is 0.474. The lowest BCUT2D eigenvalue weighted by Crippen LogP contribution is -2.45. The predicted octanol–water partition coefficient (Wildman–Crippen LogP) is 2.53. The van der Waals surface area contributed by atoms with Crippen LogP contribution < -0.4 is 10.1 Å². The molecule has 1 saturated carbocycles. The average Bonchev–Trinajstić information content (AvgIpc) is 3.24. The second-order valence-corrected chi connectivity index (χ2v) is 7.48. The number of benzene rings is 1. The van der Waals surface area contributed by atoms with Gasteiger partial charge in [-0.2, -0.15) is 4.98 Å². The molecule has 1 atom stereocenters. The number of amides is 2. The zero-order valence-electron chi connectivity index (χ0n) is 15.5. The molecule has 1 N–H and O–H groups in total. The smallest absolute Gasteiger partial charge is 0.258 e. The lowest BCUT2D eigenvalue weighted by molar-refractivity contribution is -0.125. The van der Waals surface area contributed by atoms with Crippen LogP contribution in [-0.4, -0.2) is 46.6 Å². The van der Waals surface area contributed by atoms with Gasteiger partial charge in [0.25, 0.3) is 5.91 Å². The topological polar surface area (TPSA) is 97.6 Å². The van der Waals surface area contributed by atoms with Crippen molar-refractivity contribution < 1.29 is 18.8 Å². The summed E-state index contributed by atoms with van der Waals surface area (Å²) in [6.07, 6.45) is 3.51. The number of halogens is 1. The number of nitrogens with one attached hydrogen (secondary N) is 1. The molecule has 2 fully saturated rings. The SMILES string of the molecule is COc1ccc(Cl)cc1C(=O)N1CCC[C@H]1C(=O)NCc1nc(C2CC2)no1. The molecule has 28 heavy (non-hydrogen) atoms. The number of hydrogen-bond donors (Lipinski definition) is 1. The maximum atomic E-state index is 13.0. The number of aromatic nitrogens is 2. The molecule has 0 unspecified atom stereocenters. The maximum Gasteiger partial charge on any atom is 0.258 e. The van der Waals surface area contributed by atoms with E-state index >= 15 is 0 Å². The summed E-state index contributed by atoms with van der Waals surface area (Å²) in [4.78, 5) is 31.6. The van der Waals surface area contributed by atoms with Gasteiger partial charge >= 0.3 is 0 Å². The molecule has 1 aromatic heterocycles. The highest BCUT2D eigenvalue weighted by atomic mass is 35.5. The van der Waals surface area contributed by atoms with Gasteiger partial charge in [0.15, 0.2) is 5.82 Å². The van der Waals surface area contributed by atoms with Crippen LogP contribution in [0.2, 0.25) is 5.02 Å². The van der Waals surface area contributed by atoms with E-state index in [0.29, 0.717) is 46.9 Å². The summed E-state index contributed by atoms with van der Waals surface area (Å²) in [6, 6.07) is 4.31. The molecule has 2 aliphatic rings. The fourth-order valence-electron chi connectivity index (χ4n) is 3.41.